The number of hydrogen-bond donors (Lipinski definition) is 1. The van der Waals surface area contributed by atoms with E-state index in [9.17, 15) is 4.79 Å². The average molecular weight is 383 g/mol. The number of benzene rings is 1. The zero-order chi connectivity index (χ0) is 19.2. The highest BCUT2D eigenvalue weighted by Crippen LogP contribution is 2.22. The van der Waals surface area contributed by atoms with Gasteiger partial charge >= 0.3 is 6.03 Å². The Bertz CT molecular complexity index is 758. The smallest absolute Gasteiger partial charge is 0.321 e. The molecule has 3 heterocycles. The van der Waals surface area contributed by atoms with E-state index >= 15 is 0 Å². The number of aromatic nitrogens is 2. The third-order valence-corrected chi connectivity index (χ3v) is 5.59. The van der Waals surface area contributed by atoms with Crippen LogP contribution in [0.2, 0.25) is 0 Å². The van der Waals surface area contributed by atoms with Gasteiger partial charge in [0, 0.05) is 57.3 Å². The predicted molar refractivity (Wildman–Crippen MR) is 108 cm³/mol. The molecule has 2 aliphatic rings. The molecule has 0 bridgehead atoms. The van der Waals surface area contributed by atoms with Gasteiger partial charge in [-0.1, -0.05) is 18.2 Å². The highest BCUT2D eigenvalue weighted by Gasteiger charge is 2.24. The minimum absolute atomic E-state index is 0.00441. The zero-order valence-electron chi connectivity index (χ0n) is 16.3. The fraction of sp³-hybridized carbons (Fsp3) is 0.524. The van der Waals surface area contributed by atoms with Crippen LogP contribution < -0.4 is 5.32 Å². The molecule has 2 aromatic rings. The van der Waals surface area contributed by atoms with Crippen LogP contribution in [0.4, 0.5) is 10.5 Å². The summed E-state index contributed by atoms with van der Waals surface area (Å²) in [5.74, 6) is 0.470. The maximum Gasteiger partial charge on any atom is 0.321 e. The van der Waals surface area contributed by atoms with E-state index in [0.717, 1.165) is 76.6 Å². The SMILES string of the molecule is O=C(Nc1ccccc1CN1CCOCC1)N1CCCC(Cn2ccnc2)C1. The second-order valence-corrected chi connectivity index (χ2v) is 7.69. The Kier molecular flexibility index (Phi) is 6.24. The molecular formula is C21H29N5O2. The molecule has 150 valence electrons. The highest BCUT2D eigenvalue weighted by molar-refractivity contribution is 5.90. The van der Waals surface area contributed by atoms with Crippen LogP contribution in [0.15, 0.2) is 43.0 Å². The largest absolute Gasteiger partial charge is 0.379 e. The van der Waals surface area contributed by atoms with Crippen molar-refractivity contribution < 1.29 is 9.53 Å². The molecule has 0 saturated carbocycles. The van der Waals surface area contributed by atoms with Crippen LogP contribution in [-0.2, 0) is 17.8 Å². The first-order valence-electron chi connectivity index (χ1n) is 10.2. The van der Waals surface area contributed by atoms with E-state index in [1.54, 1.807) is 6.20 Å². The van der Waals surface area contributed by atoms with Gasteiger partial charge in [-0.2, -0.15) is 0 Å². The topological polar surface area (TPSA) is 62.6 Å². The van der Waals surface area contributed by atoms with E-state index < -0.39 is 0 Å². The van der Waals surface area contributed by atoms with E-state index in [-0.39, 0.29) is 6.03 Å². The Morgan fingerprint density at radius 3 is 2.89 bits per heavy atom. The monoisotopic (exact) mass is 383 g/mol. The first-order chi connectivity index (χ1) is 13.8. The van der Waals surface area contributed by atoms with Crippen LogP contribution >= 0.6 is 0 Å². The number of rotatable bonds is 5. The van der Waals surface area contributed by atoms with Crippen LogP contribution in [0.5, 0.6) is 0 Å². The van der Waals surface area contributed by atoms with Gasteiger partial charge in [-0.3, -0.25) is 4.90 Å². The normalized spacial score (nSPS) is 20.9. The number of nitrogens with one attached hydrogen (secondary N) is 1. The molecule has 2 amide bonds. The summed E-state index contributed by atoms with van der Waals surface area (Å²) >= 11 is 0. The lowest BCUT2D eigenvalue weighted by Crippen LogP contribution is -2.43. The first kappa shape index (κ1) is 19.0. The van der Waals surface area contributed by atoms with Crippen LogP contribution in [0.1, 0.15) is 18.4 Å². The molecule has 1 N–H and O–H groups in total. The van der Waals surface area contributed by atoms with E-state index in [1.807, 2.05) is 35.6 Å². The number of para-hydroxylation sites is 1. The molecule has 2 fully saturated rings. The van der Waals surface area contributed by atoms with Gasteiger partial charge in [-0.25, -0.2) is 9.78 Å². The Morgan fingerprint density at radius 2 is 2.07 bits per heavy atom. The predicted octanol–water partition coefficient (Wildman–Crippen LogP) is 2.66. The van der Waals surface area contributed by atoms with Crippen LogP contribution in [0, 0.1) is 5.92 Å². The molecular weight excluding hydrogens is 354 g/mol. The lowest BCUT2D eigenvalue weighted by Gasteiger charge is -2.33. The molecule has 2 aliphatic heterocycles. The summed E-state index contributed by atoms with van der Waals surface area (Å²) in [6.07, 6.45) is 7.83. The van der Waals surface area contributed by atoms with Crippen molar-refractivity contribution in [2.75, 3.05) is 44.7 Å². The number of imidazole rings is 1. The minimum Gasteiger partial charge on any atom is -0.379 e. The molecule has 28 heavy (non-hydrogen) atoms. The van der Waals surface area contributed by atoms with Crippen molar-refractivity contribution in [2.24, 2.45) is 5.92 Å². The second kappa shape index (κ2) is 9.21. The maximum atomic E-state index is 12.9. The van der Waals surface area contributed by atoms with Crippen molar-refractivity contribution in [3.63, 3.8) is 0 Å². The number of piperidine rings is 1. The molecule has 2 saturated heterocycles. The van der Waals surface area contributed by atoms with Crippen LogP contribution in [0.3, 0.4) is 0 Å². The lowest BCUT2D eigenvalue weighted by molar-refractivity contribution is 0.0342. The minimum atomic E-state index is 0.00441. The van der Waals surface area contributed by atoms with Gasteiger partial charge < -0.3 is 19.5 Å². The van der Waals surface area contributed by atoms with Crippen molar-refractivity contribution in [1.82, 2.24) is 19.4 Å². The Morgan fingerprint density at radius 1 is 1.21 bits per heavy atom. The third kappa shape index (κ3) is 4.91. The fourth-order valence-electron chi connectivity index (χ4n) is 4.07. The Labute approximate surface area is 166 Å². The number of nitrogens with zero attached hydrogens (tertiary/aromatic N) is 4. The van der Waals surface area contributed by atoms with Gasteiger partial charge in [-0.05, 0) is 30.4 Å². The number of likely N-dealkylation sites (tertiary alicyclic amines) is 1. The summed E-state index contributed by atoms with van der Waals surface area (Å²) in [7, 11) is 0. The molecule has 0 aliphatic carbocycles. The molecule has 7 nitrogen and oxygen atoms in total. The van der Waals surface area contributed by atoms with Crippen LogP contribution in [-0.4, -0.2) is 64.8 Å². The van der Waals surface area contributed by atoms with E-state index in [4.69, 9.17) is 4.74 Å². The summed E-state index contributed by atoms with van der Waals surface area (Å²) in [5, 5.41) is 3.16. The van der Waals surface area contributed by atoms with Crippen molar-refractivity contribution in [3.8, 4) is 0 Å². The third-order valence-electron chi connectivity index (χ3n) is 5.59. The number of morpholine rings is 1. The van der Waals surface area contributed by atoms with Gasteiger partial charge in [0.15, 0.2) is 0 Å². The fourth-order valence-corrected chi connectivity index (χ4v) is 4.07. The second-order valence-electron chi connectivity index (χ2n) is 7.69. The molecule has 7 heteroatoms. The Hall–Kier alpha value is -2.38. The molecule has 1 atom stereocenters. The van der Waals surface area contributed by atoms with Crippen molar-refractivity contribution >= 4 is 11.7 Å². The summed E-state index contributed by atoms with van der Waals surface area (Å²) in [5.41, 5.74) is 2.07. The number of ether oxygens (including phenoxy) is 1. The summed E-state index contributed by atoms with van der Waals surface area (Å²) < 4.78 is 7.54. The van der Waals surface area contributed by atoms with E-state index in [1.165, 1.54) is 0 Å². The maximum absolute atomic E-state index is 12.9. The number of hydrogen-bond acceptors (Lipinski definition) is 4. The van der Waals surface area contributed by atoms with Gasteiger partial charge in [0.2, 0.25) is 0 Å². The number of carbonyl (C=O) groups is 1. The van der Waals surface area contributed by atoms with E-state index in [2.05, 4.69) is 25.8 Å². The number of urea groups is 1. The molecule has 1 aromatic heterocycles. The molecule has 1 unspecified atom stereocenters. The van der Waals surface area contributed by atoms with E-state index in [0.29, 0.717) is 5.92 Å². The zero-order valence-corrected chi connectivity index (χ0v) is 16.3. The van der Waals surface area contributed by atoms with Crippen molar-refractivity contribution in [2.45, 2.75) is 25.9 Å². The van der Waals surface area contributed by atoms with Gasteiger partial charge in [0.05, 0.1) is 19.5 Å². The molecule has 4 rings (SSSR count). The number of anilines is 1. The van der Waals surface area contributed by atoms with Gasteiger partial charge in [-0.15, -0.1) is 0 Å². The van der Waals surface area contributed by atoms with Crippen LogP contribution in [0.25, 0.3) is 0 Å². The molecule has 0 radical (unpaired) electrons. The summed E-state index contributed by atoms with van der Waals surface area (Å²) in [4.78, 5) is 21.4. The van der Waals surface area contributed by atoms with Crippen molar-refractivity contribution in [3.05, 3.63) is 48.5 Å². The standard InChI is InChI=1S/C21H29N5O2/c27-21(26-8-3-4-18(15-26)14-25-9-7-22-17-25)23-20-6-2-1-5-19(20)16-24-10-12-28-13-11-24/h1-2,5-7,9,17-18H,3-4,8,10-16H2,(H,23,27). The quantitative estimate of drug-likeness (QED) is 0.862. The summed E-state index contributed by atoms with van der Waals surface area (Å²) in [6, 6.07) is 8.12. The Balaban J connectivity index is 1.36. The van der Waals surface area contributed by atoms with Gasteiger partial charge in [0.25, 0.3) is 0 Å². The average Bonchev–Trinajstić information content (AvgIpc) is 3.23. The number of carbonyl (C=O) groups excluding carboxylic acids is 1. The summed E-state index contributed by atoms with van der Waals surface area (Å²) in [6.45, 7) is 6.78. The lowest BCUT2D eigenvalue weighted by atomic mass is 9.98. The number of amides is 2. The highest BCUT2D eigenvalue weighted by atomic mass is 16.5. The van der Waals surface area contributed by atoms with Gasteiger partial charge in [0.1, 0.15) is 0 Å². The molecule has 0 spiro atoms. The van der Waals surface area contributed by atoms with Crippen molar-refractivity contribution in [1.29, 1.82) is 0 Å². The molecule has 1 aromatic carbocycles. The first-order valence-corrected chi connectivity index (χ1v) is 10.2.